The largest absolute Gasteiger partial charge is 0.383 e. The molecular formula is C28H28F2N6O2. The number of hydrogen-bond acceptors (Lipinski definition) is 6. The minimum Gasteiger partial charge on any atom is -0.383 e. The highest BCUT2D eigenvalue weighted by atomic mass is 19.1. The summed E-state index contributed by atoms with van der Waals surface area (Å²) in [5.41, 5.74) is 7.81. The Bertz CT molecular complexity index is 1370. The number of benzene rings is 2. The van der Waals surface area contributed by atoms with Gasteiger partial charge in [-0.25, -0.2) is 13.6 Å². The Morgan fingerprint density at radius 1 is 1.13 bits per heavy atom. The summed E-state index contributed by atoms with van der Waals surface area (Å²) in [5, 5.41) is 24.2. The molecule has 5 rings (SSSR count). The SMILES string of the molecule is CN1CC2CN(C(=O)Nc3cc(F)cc(F)c3)CC(C1)C2(O)c1ccc(-c2ccc(CN)cc2C#N)cn1. The molecule has 0 radical (unpaired) electrons. The van der Waals surface area contributed by atoms with Crippen molar-refractivity contribution < 1.29 is 18.7 Å². The molecule has 2 aromatic carbocycles. The topological polar surface area (TPSA) is 119 Å². The molecule has 0 aliphatic carbocycles. The first-order chi connectivity index (χ1) is 18.2. The zero-order valence-electron chi connectivity index (χ0n) is 20.9. The van der Waals surface area contributed by atoms with Gasteiger partial charge in [-0.2, -0.15) is 5.26 Å². The molecule has 3 heterocycles. The van der Waals surface area contributed by atoms with E-state index in [2.05, 4.69) is 21.3 Å². The van der Waals surface area contributed by atoms with Crippen LogP contribution in [0.3, 0.4) is 0 Å². The van der Waals surface area contributed by atoms with Crippen LogP contribution >= 0.6 is 0 Å². The molecule has 38 heavy (non-hydrogen) atoms. The van der Waals surface area contributed by atoms with Crippen LogP contribution in [-0.4, -0.2) is 59.1 Å². The van der Waals surface area contributed by atoms with Crippen molar-refractivity contribution in [1.82, 2.24) is 14.8 Å². The number of carbonyl (C=O) groups excluding carboxylic acids is 1. The number of halogens is 2. The number of fused-ring (bicyclic) bond motifs is 2. The summed E-state index contributed by atoms with van der Waals surface area (Å²) in [5.74, 6) is -2.24. The Morgan fingerprint density at radius 3 is 2.39 bits per heavy atom. The highest BCUT2D eigenvalue weighted by molar-refractivity contribution is 5.89. The number of urea groups is 1. The maximum absolute atomic E-state index is 13.6. The van der Waals surface area contributed by atoms with Crippen LogP contribution in [0.5, 0.6) is 0 Å². The smallest absolute Gasteiger partial charge is 0.321 e. The number of nitrogens with one attached hydrogen (secondary N) is 1. The van der Waals surface area contributed by atoms with E-state index in [-0.39, 0.29) is 30.6 Å². The van der Waals surface area contributed by atoms with Crippen molar-refractivity contribution in [2.45, 2.75) is 12.1 Å². The number of nitrogens with zero attached hydrogens (tertiary/aromatic N) is 4. The summed E-state index contributed by atoms with van der Waals surface area (Å²) >= 11 is 0. The zero-order chi connectivity index (χ0) is 27.0. The summed E-state index contributed by atoms with van der Waals surface area (Å²) in [6.07, 6.45) is 1.66. The third-order valence-electron chi connectivity index (χ3n) is 7.52. The van der Waals surface area contributed by atoms with E-state index in [1.807, 2.05) is 25.2 Å². The maximum atomic E-state index is 13.6. The number of likely N-dealkylation sites (tertiary alicyclic amines) is 2. The Hall–Kier alpha value is -3.91. The van der Waals surface area contributed by atoms with Crippen molar-refractivity contribution in [3.05, 3.63) is 83.2 Å². The Kier molecular flexibility index (Phi) is 6.84. The van der Waals surface area contributed by atoms with E-state index in [0.29, 0.717) is 30.9 Å². The van der Waals surface area contributed by atoms with E-state index in [1.165, 1.54) is 0 Å². The van der Waals surface area contributed by atoms with Crippen molar-refractivity contribution in [3.8, 4) is 17.2 Å². The van der Waals surface area contributed by atoms with Gasteiger partial charge in [0.15, 0.2) is 0 Å². The van der Waals surface area contributed by atoms with Crippen molar-refractivity contribution in [2.24, 2.45) is 17.6 Å². The zero-order valence-corrected chi connectivity index (χ0v) is 20.9. The number of rotatable bonds is 4. The molecule has 2 aliphatic rings. The van der Waals surface area contributed by atoms with E-state index in [9.17, 15) is 23.9 Å². The van der Waals surface area contributed by atoms with Gasteiger partial charge in [-0.3, -0.25) is 4.98 Å². The first-order valence-electron chi connectivity index (χ1n) is 12.3. The maximum Gasteiger partial charge on any atom is 0.321 e. The van der Waals surface area contributed by atoms with Crippen LogP contribution in [0.15, 0.2) is 54.7 Å². The van der Waals surface area contributed by atoms with Crippen molar-refractivity contribution in [2.75, 3.05) is 38.5 Å². The minimum atomic E-state index is -1.27. The number of piperidine rings is 2. The summed E-state index contributed by atoms with van der Waals surface area (Å²) in [6.45, 7) is 1.89. The Balaban J connectivity index is 1.39. The first kappa shape index (κ1) is 25.7. The van der Waals surface area contributed by atoms with Crippen LogP contribution in [0.1, 0.15) is 16.8 Å². The number of nitriles is 1. The van der Waals surface area contributed by atoms with Crippen molar-refractivity contribution >= 4 is 11.7 Å². The highest BCUT2D eigenvalue weighted by Crippen LogP contribution is 2.44. The lowest BCUT2D eigenvalue weighted by molar-refractivity contribution is -0.155. The number of anilines is 1. The molecule has 2 aliphatic heterocycles. The fourth-order valence-corrected chi connectivity index (χ4v) is 5.70. The van der Waals surface area contributed by atoms with Gasteiger partial charge >= 0.3 is 6.03 Å². The van der Waals surface area contributed by atoms with E-state index < -0.39 is 23.3 Å². The number of amides is 2. The average Bonchev–Trinajstić information content (AvgIpc) is 2.88. The van der Waals surface area contributed by atoms with Gasteiger partial charge in [0.25, 0.3) is 0 Å². The normalized spacial score (nSPS) is 23.1. The third-order valence-corrected chi connectivity index (χ3v) is 7.52. The highest BCUT2D eigenvalue weighted by Gasteiger charge is 2.54. The number of nitrogens with two attached hydrogens (primary N) is 1. The van der Waals surface area contributed by atoms with E-state index in [1.54, 1.807) is 23.2 Å². The van der Waals surface area contributed by atoms with Gasteiger partial charge in [0.05, 0.1) is 17.3 Å². The van der Waals surface area contributed by atoms with Gasteiger partial charge in [-0.1, -0.05) is 18.2 Å². The van der Waals surface area contributed by atoms with Crippen LogP contribution in [0.2, 0.25) is 0 Å². The van der Waals surface area contributed by atoms with E-state index in [4.69, 9.17) is 5.73 Å². The first-order valence-corrected chi connectivity index (χ1v) is 12.3. The number of pyridine rings is 1. The summed E-state index contributed by atoms with van der Waals surface area (Å²) in [4.78, 5) is 21.3. The standard InChI is InChI=1S/C28H28F2N6O2/c1-35-13-20-15-36(27(37)34-24-8-22(29)7-23(30)9-24)16-21(14-35)28(20,38)26-5-3-18(12-33-26)25-4-2-17(10-31)6-19(25)11-32/h2-9,12,20-21,38H,10,13-16,31H2,1H3,(H,34,37). The lowest BCUT2D eigenvalue weighted by atomic mass is 9.68. The fourth-order valence-electron chi connectivity index (χ4n) is 5.70. The molecule has 2 unspecified atom stereocenters. The second kappa shape index (κ2) is 10.1. The van der Waals surface area contributed by atoms with E-state index in [0.717, 1.165) is 34.9 Å². The van der Waals surface area contributed by atoms with Crippen molar-refractivity contribution in [1.29, 1.82) is 5.26 Å². The molecule has 2 bridgehead atoms. The van der Waals surface area contributed by atoms with Crippen LogP contribution in [0.4, 0.5) is 19.3 Å². The predicted octanol–water partition coefficient (Wildman–Crippen LogP) is 3.27. The van der Waals surface area contributed by atoms with Gasteiger partial charge < -0.3 is 26.0 Å². The van der Waals surface area contributed by atoms with Crippen LogP contribution in [0.25, 0.3) is 11.1 Å². The van der Waals surface area contributed by atoms with Gasteiger partial charge in [0, 0.05) is 73.6 Å². The van der Waals surface area contributed by atoms with Crippen LogP contribution in [0, 0.1) is 34.8 Å². The van der Waals surface area contributed by atoms with Gasteiger partial charge in [-0.05, 0) is 36.9 Å². The minimum absolute atomic E-state index is 0.0316. The lowest BCUT2D eigenvalue weighted by Crippen LogP contribution is -2.66. The van der Waals surface area contributed by atoms with Crippen molar-refractivity contribution in [3.63, 3.8) is 0 Å². The fraction of sp³-hybridized carbons (Fsp3) is 0.321. The molecule has 8 nitrogen and oxygen atoms in total. The molecular weight excluding hydrogens is 490 g/mol. The van der Waals surface area contributed by atoms with Crippen LogP contribution < -0.4 is 11.1 Å². The number of aliphatic hydroxyl groups is 1. The summed E-state index contributed by atoms with van der Waals surface area (Å²) < 4.78 is 27.2. The lowest BCUT2D eigenvalue weighted by Gasteiger charge is -2.54. The molecule has 2 amide bonds. The molecule has 10 heteroatoms. The molecule has 1 aromatic heterocycles. The van der Waals surface area contributed by atoms with Gasteiger partial charge in [0.2, 0.25) is 0 Å². The number of aromatic nitrogens is 1. The second-order valence-electron chi connectivity index (χ2n) is 10.1. The second-order valence-corrected chi connectivity index (χ2v) is 10.1. The summed E-state index contributed by atoms with van der Waals surface area (Å²) in [7, 11) is 1.97. The number of hydrogen-bond donors (Lipinski definition) is 3. The molecule has 0 spiro atoms. The molecule has 4 N–H and O–H groups in total. The molecule has 2 fully saturated rings. The predicted molar refractivity (Wildman–Crippen MR) is 138 cm³/mol. The average molecular weight is 519 g/mol. The monoisotopic (exact) mass is 518 g/mol. The Morgan fingerprint density at radius 2 is 1.82 bits per heavy atom. The molecule has 2 atom stereocenters. The molecule has 0 saturated carbocycles. The van der Waals surface area contributed by atoms with Gasteiger partial charge in [0.1, 0.15) is 17.2 Å². The Labute approximate surface area is 219 Å². The molecule has 196 valence electrons. The van der Waals surface area contributed by atoms with Gasteiger partial charge in [-0.15, -0.1) is 0 Å². The van der Waals surface area contributed by atoms with Crippen LogP contribution in [-0.2, 0) is 12.1 Å². The summed E-state index contributed by atoms with van der Waals surface area (Å²) in [6, 6.07) is 13.7. The molecule has 2 saturated heterocycles. The third kappa shape index (κ3) is 4.72. The van der Waals surface area contributed by atoms with E-state index >= 15 is 0 Å². The number of carbonyl (C=O) groups is 1. The quantitative estimate of drug-likeness (QED) is 0.488. The molecule has 3 aromatic rings.